The number of aryl methyl sites for hydroxylation is 1. The molecule has 0 aliphatic carbocycles. The monoisotopic (exact) mass is 173 g/mol. The van der Waals surface area contributed by atoms with Gasteiger partial charge < -0.3 is 0 Å². The average Bonchev–Trinajstić information content (AvgIpc) is 2.47. The van der Waals surface area contributed by atoms with Crippen molar-refractivity contribution in [2.75, 3.05) is 5.43 Å². The molecular weight excluding hydrogens is 166 g/mol. The van der Waals surface area contributed by atoms with Crippen LogP contribution in [0, 0.1) is 6.92 Å². The lowest BCUT2D eigenvalue weighted by Gasteiger charge is -2.11. The summed E-state index contributed by atoms with van der Waals surface area (Å²) in [6, 6.07) is 2.00. The highest BCUT2D eigenvalue weighted by molar-refractivity contribution is 5.91. The summed E-state index contributed by atoms with van der Waals surface area (Å²) < 4.78 is 1.93. The van der Waals surface area contributed by atoms with Crippen LogP contribution in [0.4, 0.5) is 5.82 Å². The van der Waals surface area contributed by atoms with Crippen molar-refractivity contribution in [3.8, 4) is 0 Å². The van der Waals surface area contributed by atoms with Gasteiger partial charge in [-0.2, -0.15) is 0 Å². The third kappa shape index (κ3) is 0.729. The molecule has 64 valence electrons. The van der Waals surface area contributed by atoms with Crippen molar-refractivity contribution < 1.29 is 0 Å². The molecule has 0 saturated carbocycles. The maximum absolute atomic E-state index is 4.16. The van der Waals surface area contributed by atoms with E-state index in [-0.39, 0.29) is 0 Å². The molecule has 0 atom stereocenters. The van der Waals surface area contributed by atoms with Crippen molar-refractivity contribution in [3.63, 3.8) is 0 Å². The van der Waals surface area contributed by atoms with E-state index in [1.807, 2.05) is 17.7 Å². The van der Waals surface area contributed by atoms with Gasteiger partial charge in [-0.05, 0) is 13.0 Å². The highest BCUT2D eigenvalue weighted by atomic mass is 15.4. The molecule has 0 radical (unpaired) electrons. The van der Waals surface area contributed by atoms with Gasteiger partial charge in [-0.3, -0.25) is 10.1 Å². The second-order valence-corrected chi connectivity index (χ2v) is 2.94. The fourth-order valence-corrected chi connectivity index (χ4v) is 1.55. The van der Waals surface area contributed by atoms with Crippen molar-refractivity contribution in [2.45, 2.75) is 6.92 Å². The largest absolute Gasteiger partial charge is 0.283 e. The Morgan fingerprint density at radius 2 is 2.31 bits per heavy atom. The van der Waals surface area contributed by atoms with Crippen molar-refractivity contribution in [2.24, 2.45) is 4.99 Å². The predicted molar refractivity (Wildman–Crippen MR) is 49.8 cm³/mol. The van der Waals surface area contributed by atoms with Gasteiger partial charge in [-0.15, -0.1) is 0 Å². The molecule has 1 aliphatic rings. The predicted octanol–water partition coefficient (Wildman–Crippen LogP) is 0.957. The first-order valence-corrected chi connectivity index (χ1v) is 3.98. The topological polar surface area (TPSA) is 55.1 Å². The summed E-state index contributed by atoms with van der Waals surface area (Å²) in [4.78, 5) is 12.4. The SMILES string of the molecule is Cc1cc2ncnc3c2n1NC=N3. The number of hydrogen-bond donors (Lipinski definition) is 1. The van der Waals surface area contributed by atoms with Crippen molar-refractivity contribution in [3.05, 3.63) is 18.1 Å². The third-order valence-electron chi connectivity index (χ3n) is 2.13. The van der Waals surface area contributed by atoms with Crippen LogP contribution in [0.2, 0.25) is 0 Å². The Labute approximate surface area is 74.1 Å². The second-order valence-electron chi connectivity index (χ2n) is 2.94. The molecule has 3 heterocycles. The van der Waals surface area contributed by atoms with Crippen molar-refractivity contribution in [1.29, 1.82) is 0 Å². The molecule has 0 spiro atoms. The fraction of sp³-hybridized carbons (Fsp3) is 0.125. The van der Waals surface area contributed by atoms with Crippen LogP contribution in [-0.4, -0.2) is 21.0 Å². The van der Waals surface area contributed by atoms with E-state index >= 15 is 0 Å². The Bertz CT molecular complexity index is 510. The van der Waals surface area contributed by atoms with Gasteiger partial charge in [0.05, 0.1) is 5.52 Å². The van der Waals surface area contributed by atoms with Gasteiger partial charge >= 0.3 is 0 Å². The summed E-state index contributed by atoms with van der Waals surface area (Å²) >= 11 is 0. The molecule has 5 heteroatoms. The molecule has 3 rings (SSSR count). The normalized spacial score (nSPS) is 13.3. The number of nitrogens with one attached hydrogen (secondary N) is 1. The Hall–Kier alpha value is -1.91. The number of nitrogens with zero attached hydrogens (tertiary/aromatic N) is 4. The van der Waals surface area contributed by atoms with Gasteiger partial charge in [-0.25, -0.2) is 15.0 Å². The van der Waals surface area contributed by atoms with Crippen molar-refractivity contribution >= 4 is 23.2 Å². The Morgan fingerprint density at radius 1 is 1.38 bits per heavy atom. The van der Waals surface area contributed by atoms with E-state index in [0.29, 0.717) is 0 Å². The van der Waals surface area contributed by atoms with E-state index in [9.17, 15) is 0 Å². The fourth-order valence-electron chi connectivity index (χ4n) is 1.55. The molecule has 1 N–H and O–H groups in total. The minimum Gasteiger partial charge on any atom is -0.283 e. The van der Waals surface area contributed by atoms with Gasteiger partial charge in [0.2, 0.25) is 0 Å². The molecule has 0 amide bonds. The summed E-state index contributed by atoms with van der Waals surface area (Å²) in [5, 5.41) is 0. The lowest BCUT2D eigenvalue weighted by molar-refractivity contribution is 0.963. The molecule has 0 unspecified atom stereocenters. The summed E-state index contributed by atoms with van der Waals surface area (Å²) in [5.74, 6) is 0.719. The number of hydrogen-bond acceptors (Lipinski definition) is 4. The quantitative estimate of drug-likeness (QED) is 0.645. The molecule has 0 bridgehead atoms. The zero-order chi connectivity index (χ0) is 8.84. The maximum atomic E-state index is 4.16. The molecule has 0 fully saturated rings. The highest BCUT2D eigenvalue weighted by Gasteiger charge is 2.13. The first-order chi connectivity index (χ1) is 6.36. The second kappa shape index (κ2) is 2.07. The standard InChI is InChI=1S/C8H7N5/c1-5-2-6-7-8(10-3-9-6)11-4-12-13(5)7/h2-4H,1H3,(H,9,10,11,12). The van der Waals surface area contributed by atoms with Crippen LogP contribution in [0.25, 0.3) is 11.0 Å². The number of rotatable bonds is 0. The van der Waals surface area contributed by atoms with Crippen LogP contribution in [-0.2, 0) is 0 Å². The minimum atomic E-state index is 0.719. The van der Waals surface area contributed by atoms with Gasteiger partial charge in [0.15, 0.2) is 5.82 Å². The van der Waals surface area contributed by atoms with E-state index in [1.165, 1.54) is 6.33 Å². The lowest BCUT2D eigenvalue weighted by atomic mass is 10.4. The van der Waals surface area contributed by atoms with Crippen LogP contribution in [0.15, 0.2) is 17.4 Å². The van der Waals surface area contributed by atoms with Crippen molar-refractivity contribution in [1.82, 2.24) is 14.6 Å². The smallest absolute Gasteiger partial charge is 0.183 e. The average molecular weight is 173 g/mol. The summed E-state index contributed by atoms with van der Waals surface area (Å²) in [5.41, 5.74) is 5.99. The number of aromatic nitrogens is 3. The Morgan fingerprint density at radius 3 is 3.23 bits per heavy atom. The minimum absolute atomic E-state index is 0.719. The third-order valence-corrected chi connectivity index (χ3v) is 2.13. The van der Waals surface area contributed by atoms with Gasteiger partial charge in [-0.1, -0.05) is 0 Å². The molecule has 2 aromatic heterocycles. The van der Waals surface area contributed by atoms with Gasteiger partial charge in [0, 0.05) is 5.69 Å². The summed E-state index contributed by atoms with van der Waals surface area (Å²) in [7, 11) is 0. The summed E-state index contributed by atoms with van der Waals surface area (Å²) in [6.07, 6.45) is 3.16. The van der Waals surface area contributed by atoms with E-state index in [0.717, 1.165) is 22.5 Å². The highest BCUT2D eigenvalue weighted by Crippen LogP contribution is 2.25. The molecule has 2 aromatic rings. The molecule has 0 saturated heterocycles. The zero-order valence-corrected chi connectivity index (χ0v) is 7.02. The molecule has 5 nitrogen and oxygen atoms in total. The Balaban J connectivity index is 2.56. The molecular formula is C8H7N5. The maximum Gasteiger partial charge on any atom is 0.183 e. The van der Waals surface area contributed by atoms with Gasteiger partial charge in [0.1, 0.15) is 18.2 Å². The van der Waals surface area contributed by atoms with Crippen LogP contribution in [0.5, 0.6) is 0 Å². The Kier molecular flexibility index (Phi) is 1.05. The van der Waals surface area contributed by atoms with Crippen LogP contribution in [0.1, 0.15) is 5.69 Å². The van der Waals surface area contributed by atoms with Crippen LogP contribution in [0.3, 0.4) is 0 Å². The molecule has 0 aromatic carbocycles. The van der Waals surface area contributed by atoms with Crippen LogP contribution >= 0.6 is 0 Å². The first kappa shape index (κ1) is 6.59. The van der Waals surface area contributed by atoms with E-state index < -0.39 is 0 Å². The van der Waals surface area contributed by atoms with E-state index in [4.69, 9.17) is 0 Å². The molecule has 13 heavy (non-hydrogen) atoms. The lowest BCUT2D eigenvalue weighted by Crippen LogP contribution is -2.16. The van der Waals surface area contributed by atoms with Gasteiger partial charge in [0.25, 0.3) is 0 Å². The molecule has 1 aliphatic heterocycles. The summed E-state index contributed by atoms with van der Waals surface area (Å²) in [6.45, 7) is 2.01. The first-order valence-electron chi connectivity index (χ1n) is 3.98. The zero-order valence-electron chi connectivity index (χ0n) is 7.02. The number of aliphatic imine (C=N–C) groups is 1. The van der Waals surface area contributed by atoms with E-state index in [1.54, 1.807) is 6.34 Å². The van der Waals surface area contributed by atoms with E-state index in [2.05, 4.69) is 20.4 Å². The van der Waals surface area contributed by atoms with Crippen LogP contribution < -0.4 is 5.43 Å².